The summed E-state index contributed by atoms with van der Waals surface area (Å²) in [4.78, 5) is 25.4. The highest BCUT2D eigenvalue weighted by Gasteiger charge is 2.36. The maximum atomic E-state index is 12.7. The zero-order valence-electron chi connectivity index (χ0n) is 13.6. The maximum absolute atomic E-state index is 12.7. The number of hydrogen-bond acceptors (Lipinski definition) is 3. The van der Waals surface area contributed by atoms with Crippen LogP contribution in [0.5, 0.6) is 0 Å². The smallest absolute Gasteiger partial charge is 0.305 e. The maximum Gasteiger partial charge on any atom is 0.305 e. The zero-order valence-corrected chi connectivity index (χ0v) is 13.6. The summed E-state index contributed by atoms with van der Waals surface area (Å²) in [5.74, 6) is -0.934. The zero-order chi connectivity index (χ0) is 17.1. The van der Waals surface area contributed by atoms with Gasteiger partial charge in [-0.15, -0.1) is 0 Å². The Balaban J connectivity index is 1.75. The number of fused-ring (bicyclic) bond motifs is 1. The summed E-state index contributed by atoms with van der Waals surface area (Å²) in [5.41, 5.74) is 0.939. The second kappa shape index (κ2) is 7.01. The molecule has 1 aliphatic rings. The second-order valence-electron chi connectivity index (χ2n) is 6.25. The topological polar surface area (TPSA) is 66.8 Å². The summed E-state index contributed by atoms with van der Waals surface area (Å²) < 4.78 is 5.32. The first-order valence-corrected chi connectivity index (χ1v) is 8.08. The van der Waals surface area contributed by atoms with Gasteiger partial charge in [-0.25, -0.2) is 0 Å². The lowest BCUT2D eigenvalue weighted by Crippen LogP contribution is -2.38. The highest BCUT2D eigenvalue weighted by Crippen LogP contribution is 2.24. The van der Waals surface area contributed by atoms with Crippen LogP contribution < -0.4 is 0 Å². The third-order valence-electron chi connectivity index (χ3n) is 4.61. The summed E-state index contributed by atoms with van der Waals surface area (Å²) in [5, 5.41) is 11.3. The van der Waals surface area contributed by atoms with Crippen molar-refractivity contribution in [1.82, 2.24) is 4.90 Å². The first-order chi connectivity index (χ1) is 11.6. The van der Waals surface area contributed by atoms with Crippen LogP contribution in [0.25, 0.3) is 10.8 Å². The molecule has 2 unspecified atom stereocenters. The van der Waals surface area contributed by atoms with Crippen molar-refractivity contribution >= 4 is 22.6 Å². The monoisotopic (exact) mass is 327 g/mol. The van der Waals surface area contributed by atoms with Gasteiger partial charge in [0.1, 0.15) is 0 Å². The molecule has 1 heterocycles. The molecular formula is C19H21NO4. The summed E-state index contributed by atoms with van der Waals surface area (Å²) in [6, 6.07) is 13.7. The van der Waals surface area contributed by atoms with Crippen LogP contribution >= 0.6 is 0 Å². The third-order valence-corrected chi connectivity index (χ3v) is 4.61. The van der Waals surface area contributed by atoms with E-state index >= 15 is 0 Å². The van der Waals surface area contributed by atoms with Crippen LogP contribution in [0.2, 0.25) is 0 Å². The molecule has 1 saturated heterocycles. The van der Waals surface area contributed by atoms with Gasteiger partial charge >= 0.3 is 5.97 Å². The van der Waals surface area contributed by atoms with Crippen molar-refractivity contribution in [2.45, 2.75) is 31.4 Å². The standard InChI is InChI=1S/C19H21NO4/c1-24-17-10-16(11-19(22)23)20(12-17)18(21)9-13-6-7-14-4-2-3-5-15(14)8-13/h2-8,16-17H,9-12H2,1H3,(H,22,23). The highest BCUT2D eigenvalue weighted by molar-refractivity contribution is 5.85. The van der Waals surface area contributed by atoms with E-state index in [1.165, 1.54) is 0 Å². The van der Waals surface area contributed by atoms with E-state index in [1.807, 2.05) is 42.5 Å². The number of rotatable bonds is 5. The molecule has 5 heteroatoms. The van der Waals surface area contributed by atoms with Gasteiger partial charge in [-0.3, -0.25) is 9.59 Å². The summed E-state index contributed by atoms with van der Waals surface area (Å²) in [6.45, 7) is 0.459. The van der Waals surface area contributed by atoms with Crippen molar-refractivity contribution < 1.29 is 19.4 Å². The molecule has 2 aromatic carbocycles. The van der Waals surface area contributed by atoms with Crippen LogP contribution in [-0.4, -0.2) is 47.7 Å². The Bertz CT molecular complexity index is 758. The fourth-order valence-electron chi connectivity index (χ4n) is 3.37. The molecule has 0 aliphatic carbocycles. The molecule has 2 atom stereocenters. The molecule has 0 saturated carbocycles. The quantitative estimate of drug-likeness (QED) is 0.916. The average Bonchev–Trinajstić information content (AvgIpc) is 2.97. The van der Waals surface area contributed by atoms with Gasteiger partial charge in [0.05, 0.1) is 18.9 Å². The number of ether oxygens (including phenoxy) is 1. The van der Waals surface area contributed by atoms with E-state index in [-0.39, 0.29) is 30.9 Å². The predicted molar refractivity (Wildman–Crippen MR) is 90.8 cm³/mol. The van der Waals surface area contributed by atoms with Crippen molar-refractivity contribution in [2.75, 3.05) is 13.7 Å². The van der Waals surface area contributed by atoms with Gasteiger partial charge in [-0.05, 0) is 22.8 Å². The van der Waals surface area contributed by atoms with Gasteiger partial charge in [0.2, 0.25) is 5.91 Å². The van der Waals surface area contributed by atoms with Crippen molar-refractivity contribution in [1.29, 1.82) is 0 Å². The summed E-state index contributed by atoms with van der Waals surface area (Å²) in [7, 11) is 1.60. The lowest BCUT2D eigenvalue weighted by molar-refractivity contribution is -0.139. The molecule has 0 aromatic heterocycles. The molecule has 0 bridgehead atoms. The van der Waals surface area contributed by atoms with Crippen molar-refractivity contribution in [3.8, 4) is 0 Å². The summed E-state index contributed by atoms with van der Waals surface area (Å²) >= 11 is 0. The van der Waals surface area contributed by atoms with Gasteiger partial charge in [0.25, 0.3) is 0 Å². The number of carboxylic acids is 1. The van der Waals surface area contributed by atoms with E-state index in [0.717, 1.165) is 16.3 Å². The average molecular weight is 327 g/mol. The van der Waals surface area contributed by atoms with Gasteiger partial charge in [-0.2, -0.15) is 0 Å². The van der Waals surface area contributed by atoms with Crippen LogP contribution in [0.4, 0.5) is 0 Å². The Morgan fingerprint density at radius 2 is 1.96 bits per heavy atom. The molecule has 1 fully saturated rings. The molecule has 0 radical (unpaired) electrons. The van der Waals surface area contributed by atoms with Crippen molar-refractivity contribution in [3.05, 3.63) is 48.0 Å². The molecule has 3 rings (SSSR count). The molecule has 5 nitrogen and oxygen atoms in total. The number of benzene rings is 2. The number of nitrogens with zero attached hydrogens (tertiary/aromatic N) is 1. The van der Waals surface area contributed by atoms with Crippen LogP contribution in [0.15, 0.2) is 42.5 Å². The van der Waals surface area contributed by atoms with Crippen LogP contribution in [0, 0.1) is 0 Å². The Kier molecular flexibility index (Phi) is 4.81. The van der Waals surface area contributed by atoms with Gasteiger partial charge in [0, 0.05) is 19.7 Å². The third kappa shape index (κ3) is 3.57. The lowest BCUT2D eigenvalue weighted by Gasteiger charge is -2.23. The molecule has 0 spiro atoms. The minimum Gasteiger partial charge on any atom is -0.481 e. The second-order valence-corrected chi connectivity index (χ2v) is 6.25. The summed E-state index contributed by atoms with van der Waals surface area (Å²) in [6.07, 6.45) is 0.724. The van der Waals surface area contributed by atoms with E-state index in [2.05, 4.69) is 0 Å². The minimum atomic E-state index is -0.889. The van der Waals surface area contributed by atoms with Crippen LogP contribution in [0.3, 0.4) is 0 Å². The van der Waals surface area contributed by atoms with E-state index in [9.17, 15) is 9.59 Å². The normalized spacial score (nSPS) is 20.5. The Labute approximate surface area is 140 Å². The minimum absolute atomic E-state index is 0.0384. The van der Waals surface area contributed by atoms with Crippen molar-refractivity contribution in [2.24, 2.45) is 0 Å². The van der Waals surface area contributed by atoms with E-state index in [1.54, 1.807) is 12.0 Å². The number of carboxylic acid groups (broad SMARTS) is 1. The van der Waals surface area contributed by atoms with E-state index in [0.29, 0.717) is 13.0 Å². The molecule has 126 valence electrons. The number of likely N-dealkylation sites (tertiary alicyclic amines) is 1. The number of amides is 1. The van der Waals surface area contributed by atoms with E-state index < -0.39 is 5.97 Å². The Morgan fingerprint density at radius 1 is 1.21 bits per heavy atom. The molecule has 1 N–H and O–H groups in total. The first kappa shape index (κ1) is 16.5. The number of aliphatic carboxylic acids is 1. The molecule has 1 amide bonds. The lowest BCUT2D eigenvalue weighted by atomic mass is 10.0. The highest BCUT2D eigenvalue weighted by atomic mass is 16.5. The fourth-order valence-corrected chi connectivity index (χ4v) is 3.37. The molecule has 1 aliphatic heterocycles. The Morgan fingerprint density at radius 3 is 2.67 bits per heavy atom. The number of carbonyl (C=O) groups excluding carboxylic acids is 1. The molecule has 2 aromatic rings. The largest absolute Gasteiger partial charge is 0.481 e. The van der Waals surface area contributed by atoms with Gasteiger partial charge in [0.15, 0.2) is 0 Å². The van der Waals surface area contributed by atoms with Crippen molar-refractivity contribution in [3.63, 3.8) is 0 Å². The van der Waals surface area contributed by atoms with E-state index in [4.69, 9.17) is 9.84 Å². The number of methoxy groups -OCH3 is 1. The number of hydrogen-bond donors (Lipinski definition) is 1. The van der Waals surface area contributed by atoms with Gasteiger partial charge < -0.3 is 14.7 Å². The fraction of sp³-hybridized carbons (Fsp3) is 0.368. The predicted octanol–water partition coefficient (Wildman–Crippen LogP) is 2.47. The first-order valence-electron chi connectivity index (χ1n) is 8.08. The number of carbonyl (C=O) groups is 2. The Hall–Kier alpha value is -2.40. The van der Waals surface area contributed by atoms with Crippen LogP contribution in [-0.2, 0) is 20.7 Å². The van der Waals surface area contributed by atoms with Crippen LogP contribution in [0.1, 0.15) is 18.4 Å². The molecular weight excluding hydrogens is 306 g/mol. The van der Waals surface area contributed by atoms with Gasteiger partial charge in [-0.1, -0.05) is 42.5 Å². The molecule has 24 heavy (non-hydrogen) atoms. The SMILES string of the molecule is COC1CC(CC(=O)O)N(C(=O)Cc2ccc3ccccc3c2)C1.